The molecule has 0 amide bonds. The van der Waals surface area contributed by atoms with Crippen LogP contribution in [0.1, 0.15) is 27.7 Å². The van der Waals surface area contributed by atoms with Gasteiger partial charge in [0, 0.05) is 25.7 Å². The van der Waals surface area contributed by atoms with Crippen molar-refractivity contribution in [1.82, 2.24) is 9.21 Å². The molecule has 0 aromatic rings. The van der Waals surface area contributed by atoms with Crippen molar-refractivity contribution in [1.29, 1.82) is 0 Å². The minimum Gasteiger partial charge on any atom is -0.301 e. The van der Waals surface area contributed by atoms with Gasteiger partial charge in [0.05, 0.1) is 5.75 Å². The Morgan fingerprint density at radius 1 is 1.27 bits per heavy atom. The summed E-state index contributed by atoms with van der Waals surface area (Å²) in [7, 11) is -0.943. The molecule has 0 aromatic heterocycles. The summed E-state index contributed by atoms with van der Waals surface area (Å²) in [6.45, 7) is 9.85. The topological polar surface area (TPSA) is 40.6 Å². The van der Waals surface area contributed by atoms with Gasteiger partial charge in [-0.05, 0) is 20.9 Å². The van der Waals surface area contributed by atoms with E-state index in [-0.39, 0.29) is 5.75 Å². The molecule has 1 rings (SSSR count). The molecule has 1 heterocycles. The van der Waals surface area contributed by atoms with Crippen molar-refractivity contribution >= 4 is 10.0 Å². The van der Waals surface area contributed by atoms with Crippen molar-refractivity contribution in [2.24, 2.45) is 0 Å². The molecular formula is C10H24N2O2S. The molecule has 0 unspecified atom stereocenters. The lowest BCUT2D eigenvalue weighted by Crippen LogP contribution is -2.52. The Bertz CT molecular complexity index is 265. The van der Waals surface area contributed by atoms with E-state index in [2.05, 4.69) is 11.8 Å². The van der Waals surface area contributed by atoms with Gasteiger partial charge in [-0.3, -0.25) is 0 Å². The molecule has 0 aromatic carbocycles. The van der Waals surface area contributed by atoms with Crippen molar-refractivity contribution in [2.75, 3.05) is 32.4 Å². The molecule has 15 heavy (non-hydrogen) atoms. The van der Waals surface area contributed by atoms with Crippen LogP contribution < -0.4 is 0 Å². The lowest BCUT2D eigenvalue weighted by molar-refractivity contribution is 0.160. The number of piperazine rings is 1. The number of likely N-dealkylation sites (N-methyl/N-ethyl adjacent to an activating group) is 1. The van der Waals surface area contributed by atoms with E-state index >= 15 is 0 Å². The van der Waals surface area contributed by atoms with Gasteiger partial charge in [0.2, 0.25) is 10.0 Å². The van der Waals surface area contributed by atoms with Crippen molar-refractivity contribution in [3.8, 4) is 0 Å². The zero-order valence-corrected chi connectivity index (χ0v) is 11.3. The van der Waals surface area contributed by atoms with Crippen LogP contribution in [-0.2, 0) is 10.0 Å². The normalized spacial score (nSPS) is 24.5. The Morgan fingerprint density at radius 3 is 2.20 bits per heavy atom. The van der Waals surface area contributed by atoms with Gasteiger partial charge in [0.15, 0.2) is 0 Å². The largest absolute Gasteiger partial charge is 0.301 e. The van der Waals surface area contributed by atoms with Gasteiger partial charge in [-0.25, -0.2) is 8.42 Å². The van der Waals surface area contributed by atoms with Crippen molar-refractivity contribution < 1.29 is 8.42 Å². The smallest absolute Gasteiger partial charge is 0.213 e. The maximum Gasteiger partial charge on any atom is 0.213 e. The van der Waals surface area contributed by atoms with Crippen molar-refractivity contribution in [3.63, 3.8) is 0 Å². The van der Waals surface area contributed by atoms with E-state index in [1.54, 1.807) is 11.2 Å². The SMILES string of the molecule is CC.CCS(=O)(=O)N1CCN(C)[C@H](C)C1. The number of hydrogen-bond donors (Lipinski definition) is 0. The fraction of sp³-hybridized carbons (Fsp3) is 1.00. The Hall–Kier alpha value is -0.130. The third-order valence-electron chi connectivity index (χ3n) is 2.68. The maximum atomic E-state index is 11.5. The fourth-order valence-corrected chi connectivity index (χ4v) is 2.62. The molecule has 0 saturated carbocycles. The Kier molecular flexibility index (Phi) is 6.40. The average molecular weight is 236 g/mol. The summed E-state index contributed by atoms with van der Waals surface area (Å²) < 4.78 is 24.6. The quantitative estimate of drug-likeness (QED) is 0.718. The summed E-state index contributed by atoms with van der Waals surface area (Å²) in [5.41, 5.74) is 0. The molecule has 0 radical (unpaired) electrons. The van der Waals surface area contributed by atoms with Crippen LogP contribution in [0.5, 0.6) is 0 Å². The van der Waals surface area contributed by atoms with Crippen LogP contribution in [0, 0.1) is 0 Å². The van der Waals surface area contributed by atoms with E-state index in [9.17, 15) is 8.42 Å². The molecule has 4 nitrogen and oxygen atoms in total. The van der Waals surface area contributed by atoms with Gasteiger partial charge >= 0.3 is 0 Å². The lowest BCUT2D eigenvalue weighted by atomic mass is 10.2. The Balaban J connectivity index is 0.000000921. The van der Waals surface area contributed by atoms with Gasteiger partial charge in [-0.1, -0.05) is 13.8 Å². The molecule has 1 atom stereocenters. The summed E-state index contributed by atoms with van der Waals surface area (Å²) >= 11 is 0. The summed E-state index contributed by atoms with van der Waals surface area (Å²) in [4.78, 5) is 2.18. The Labute approximate surface area is 94.3 Å². The molecule has 92 valence electrons. The minimum atomic E-state index is -2.97. The third kappa shape index (κ3) is 4.09. The van der Waals surface area contributed by atoms with Crippen LogP contribution in [-0.4, -0.2) is 56.1 Å². The summed E-state index contributed by atoms with van der Waals surface area (Å²) in [6.07, 6.45) is 0. The molecular weight excluding hydrogens is 212 g/mol. The van der Waals surface area contributed by atoms with Crippen LogP contribution in [0.4, 0.5) is 0 Å². The number of hydrogen-bond acceptors (Lipinski definition) is 3. The van der Waals surface area contributed by atoms with E-state index in [1.165, 1.54) is 0 Å². The van der Waals surface area contributed by atoms with Gasteiger partial charge in [0.1, 0.15) is 0 Å². The highest BCUT2D eigenvalue weighted by Gasteiger charge is 2.27. The van der Waals surface area contributed by atoms with Crippen molar-refractivity contribution in [3.05, 3.63) is 0 Å². The highest BCUT2D eigenvalue weighted by Crippen LogP contribution is 2.11. The molecule has 1 fully saturated rings. The first-order valence-corrected chi connectivity index (χ1v) is 7.26. The average Bonchev–Trinajstić information content (AvgIpc) is 2.25. The number of nitrogens with zero attached hydrogens (tertiary/aromatic N) is 2. The fourth-order valence-electron chi connectivity index (χ4n) is 1.45. The van der Waals surface area contributed by atoms with Crippen LogP contribution in [0.25, 0.3) is 0 Å². The van der Waals surface area contributed by atoms with E-state index in [1.807, 2.05) is 20.9 Å². The molecule has 0 N–H and O–H groups in total. The highest BCUT2D eigenvalue weighted by atomic mass is 32.2. The van der Waals surface area contributed by atoms with Gasteiger partial charge in [-0.2, -0.15) is 4.31 Å². The van der Waals surface area contributed by atoms with Crippen molar-refractivity contribution in [2.45, 2.75) is 33.7 Å². The second-order valence-corrected chi connectivity index (χ2v) is 5.85. The highest BCUT2D eigenvalue weighted by molar-refractivity contribution is 7.89. The standard InChI is InChI=1S/C8H18N2O2S.C2H6/c1-4-13(11,12)10-6-5-9(3)8(2)7-10;1-2/h8H,4-7H2,1-3H3;1-2H3/t8-;/m1./s1. The first kappa shape index (κ1) is 14.9. The number of sulfonamides is 1. The summed E-state index contributed by atoms with van der Waals surface area (Å²) in [5.74, 6) is 0.212. The van der Waals surface area contributed by atoms with Crippen LogP contribution in [0.2, 0.25) is 0 Å². The predicted molar refractivity (Wildman–Crippen MR) is 64.5 cm³/mol. The van der Waals surface area contributed by atoms with E-state index in [4.69, 9.17) is 0 Å². The first-order valence-electron chi connectivity index (χ1n) is 5.65. The zero-order chi connectivity index (χ0) is 12.1. The summed E-state index contributed by atoms with van der Waals surface area (Å²) in [6, 6.07) is 0.329. The molecule has 0 spiro atoms. The second kappa shape index (κ2) is 6.45. The van der Waals surface area contributed by atoms with E-state index < -0.39 is 10.0 Å². The van der Waals surface area contributed by atoms with Crippen LogP contribution in [0.3, 0.4) is 0 Å². The van der Waals surface area contributed by atoms with Crippen LogP contribution in [0.15, 0.2) is 0 Å². The van der Waals surface area contributed by atoms with Gasteiger partial charge in [0.25, 0.3) is 0 Å². The van der Waals surface area contributed by atoms with E-state index in [0.29, 0.717) is 19.1 Å². The maximum absolute atomic E-state index is 11.5. The third-order valence-corrected chi connectivity index (χ3v) is 4.53. The van der Waals surface area contributed by atoms with Gasteiger partial charge < -0.3 is 4.90 Å². The monoisotopic (exact) mass is 236 g/mol. The van der Waals surface area contributed by atoms with Gasteiger partial charge in [-0.15, -0.1) is 0 Å². The first-order chi connectivity index (χ1) is 6.97. The van der Waals surface area contributed by atoms with E-state index in [0.717, 1.165) is 6.54 Å². The Morgan fingerprint density at radius 2 is 1.80 bits per heavy atom. The molecule has 5 heteroatoms. The molecule has 1 aliphatic rings. The predicted octanol–water partition coefficient (Wildman–Crippen LogP) is 0.998. The lowest BCUT2D eigenvalue weighted by Gasteiger charge is -2.36. The molecule has 0 aliphatic carbocycles. The molecule has 1 saturated heterocycles. The molecule has 1 aliphatic heterocycles. The summed E-state index contributed by atoms with van der Waals surface area (Å²) in [5, 5.41) is 0. The molecule has 0 bridgehead atoms. The minimum absolute atomic E-state index is 0.212. The number of rotatable bonds is 2. The second-order valence-electron chi connectivity index (χ2n) is 3.59. The zero-order valence-electron chi connectivity index (χ0n) is 10.5. The van der Waals surface area contributed by atoms with Crippen LogP contribution >= 0.6 is 0 Å².